The molecule has 2 aromatic rings. The fraction of sp³-hybridized carbons (Fsp3) is 0.522. The van der Waals surface area contributed by atoms with E-state index in [0.29, 0.717) is 0 Å². The number of nitrogens with zero attached hydrogens (tertiary/aromatic N) is 2. The lowest BCUT2D eigenvalue weighted by atomic mass is 9.47. The van der Waals surface area contributed by atoms with E-state index < -0.39 is 0 Å². The maximum atomic E-state index is 4.86. The SMILES string of the molecule is C1=CC2C3CCC3C1C1CN(CCc3ccc4ccccc4n3)CC21. The molecule has 0 radical (unpaired) electrons. The van der Waals surface area contributed by atoms with Crippen LogP contribution in [0.25, 0.3) is 10.9 Å². The lowest BCUT2D eigenvalue weighted by Crippen LogP contribution is -2.52. The highest BCUT2D eigenvalue weighted by Gasteiger charge is 2.56. The van der Waals surface area contributed by atoms with Gasteiger partial charge in [-0.05, 0) is 60.5 Å². The monoisotopic (exact) mass is 330 g/mol. The van der Waals surface area contributed by atoms with Crippen molar-refractivity contribution in [3.8, 4) is 0 Å². The van der Waals surface area contributed by atoms with E-state index in [2.05, 4.69) is 53.5 Å². The zero-order valence-electron chi connectivity index (χ0n) is 14.7. The van der Waals surface area contributed by atoms with E-state index in [1.54, 1.807) is 0 Å². The number of benzene rings is 1. The fourth-order valence-corrected chi connectivity index (χ4v) is 6.43. The van der Waals surface area contributed by atoms with E-state index >= 15 is 0 Å². The van der Waals surface area contributed by atoms with Gasteiger partial charge in [0.25, 0.3) is 0 Å². The van der Waals surface area contributed by atoms with E-state index in [1.807, 2.05) is 0 Å². The second kappa shape index (κ2) is 5.41. The third kappa shape index (κ3) is 2.16. The Balaban J connectivity index is 1.16. The predicted octanol–water partition coefficient (Wildman–Crippen LogP) is 4.17. The van der Waals surface area contributed by atoms with Gasteiger partial charge in [0.2, 0.25) is 0 Å². The summed E-state index contributed by atoms with van der Waals surface area (Å²) in [5.41, 5.74) is 2.38. The van der Waals surface area contributed by atoms with Crippen LogP contribution in [-0.2, 0) is 6.42 Å². The molecule has 1 aromatic heterocycles. The first-order chi connectivity index (χ1) is 12.4. The molecule has 6 atom stereocenters. The Morgan fingerprint density at radius 1 is 0.840 bits per heavy atom. The molecular weight excluding hydrogens is 304 g/mol. The molecule has 3 fully saturated rings. The molecule has 4 aliphatic carbocycles. The Morgan fingerprint density at radius 3 is 2.28 bits per heavy atom. The number of allylic oxidation sites excluding steroid dienone is 2. The molecule has 7 rings (SSSR count). The molecule has 5 aliphatic rings. The molecule has 1 saturated heterocycles. The summed E-state index contributed by atoms with van der Waals surface area (Å²) in [6, 6.07) is 12.9. The number of likely N-dealkylation sites (tertiary alicyclic amines) is 1. The second-order valence-electron chi connectivity index (χ2n) is 8.78. The van der Waals surface area contributed by atoms with Crippen LogP contribution in [0.1, 0.15) is 18.5 Å². The Bertz CT molecular complexity index is 813. The average molecular weight is 330 g/mol. The number of hydrogen-bond acceptors (Lipinski definition) is 2. The van der Waals surface area contributed by atoms with Crippen LogP contribution < -0.4 is 0 Å². The molecule has 1 aromatic carbocycles. The van der Waals surface area contributed by atoms with Crippen molar-refractivity contribution in [2.75, 3.05) is 19.6 Å². The number of rotatable bonds is 3. The highest BCUT2D eigenvalue weighted by molar-refractivity contribution is 5.78. The van der Waals surface area contributed by atoms with Crippen molar-refractivity contribution in [3.63, 3.8) is 0 Å². The lowest BCUT2D eigenvalue weighted by molar-refractivity contribution is -0.0355. The normalized spacial score (nSPS) is 38.6. The first-order valence-corrected chi connectivity index (χ1v) is 10.1. The van der Waals surface area contributed by atoms with Crippen LogP contribution in [0.2, 0.25) is 0 Å². The molecule has 0 N–H and O–H groups in total. The van der Waals surface area contributed by atoms with Gasteiger partial charge in [0, 0.05) is 37.1 Å². The summed E-state index contributed by atoms with van der Waals surface area (Å²) >= 11 is 0. The summed E-state index contributed by atoms with van der Waals surface area (Å²) in [4.78, 5) is 7.60. The molecule has 6 unspecified atom stereocenters. The van der Waals surface area contributed by atoms with E-state index in [1.165, 1.54) is 43.6 Å². The Labute approximate surface area is 149 Å². The quantitative estimate of drug-likeness (QED) is 0.785. The van der Waals surface area contributed by atoms with Crippen molar-refractivity contribution in [2.24, 2.45) is 35.5 Å². The summed E-state index contributed by atoms with van der Waals surface area (Å²) in [5, 5.41) is 1.25. The van der Waals surface area contributed by atoms with Crippen molar-refractivity contribution >= 4 is 10.9 Å². The number of para-hydroxylation sites is 1. The van der Waals surface area contributed by atoms with Gasteiger partial charge >= 0.3 is 0 Å². The minimum Gasteiger partial charge on any atom is -0.302 e. The van der Waals surface area contributed by atoms with E-state index in [4.69, 9.17) is 4.98 Å². The number of aromatic nitrogens is 1. The molecule has 2 saturated carbocycles. The summed E-state index contributed by atoms with van der Waals surface area (Å²) in [6.45, 7) is 3.83. The Kier molecular flexibility index (Phi) is 3.14. The summed E-state index contributed by atoms with van der Waals surface area (Å²) in [6.07, 6.45) is 9.28. The third-order valence-corrected chi connectivity index (χ3v) is 7.74. The van der Waals surface area contributed by atoms with Gasteiger partial charge in [-0.1, -0.05) is 36.4 Å². The van der Waals surface area contributed by atoms with Crippen molar-refractivity contribution in [3.05, 3.63) is 54.2 Å². The van der Waals surface area contributed by atoms with Crippen LogP contribution >= 0.6 is 0 Å². The molecule has 0 amide bonds. The number of pyridine rings is 1. The topological polar surface area (TPSA) is 16.1 Å². The van der Waals surface area contributed by atoms with Crippen molar-refractivity contribution in [1.29, 1.82) is 0 Å². The zero-order valence-corrected chi connectivity index (χ0v) is 14.7. The Morgan fingerprint density at radius 2 is 1.56 bits per heavy atom. The van der Waals surface area contributed by atoms with Crippen molar-refractivity contribution in [1.82, 2.24) is 9.88 Å². The van der Waals surface area contributed by atoms with Crippen molar-refractivity contribution < 1.29 is 0 Å². The summed E-state index contributed by atoms with van der Waals surface area (Å²) in [5.74, 6) is 5.77. The number of fused-ring (bicyclic) bond motifs is 1. The molecule has 2 heterocycles. The second-order valence-corrected chi connectivity index (χ2v) is 8.78. The fourth-order valence-electron chi connectivity index (χ4n) is 6.43. The minimum atomic E-state index is 0.901. The van der Waals surface area contributed by atoms with Crippen LogP contribution in [-0.4, -0.2) is 29.5 Å². The van der Waals surface area contributed by atoms with Gasteiger partial charge < -0.3 is 4.90 Å². The largest absolute Gasteiger partial charge is 0.302 e. The lowest BCUT2D eigenvalue weighted by Gasteiger charge is -2.57. The minimum absolute atomic E-state index is 0.901. The zero-order chi connectivity index (χ0) is 16.4. The molecule has 2 bridgehead atoms. The van der Waals surface area contributed by atoms with Gasteiger partial charge in [-0.15, -0.1) is 0 Å². The van der Waals surface area contributed by atoms with Gasteiger partial charge in [-0.2, -0.15) is 0 Å². The standard InChI is InChI=1S/C23H26N2/c1-2-4-23-15(3-1)5-6-16(24-23)11-12-25-13-21-19-9-10-20(22(21)14-25)18-8-7-17(18)19/h1-6,9-10,17-22H,7-8,11-14H2. The predicted molar refractivity (Wildman–Crippen MR) is 101 cm³/mol. The number of hydrogen-bond donors (Lipinski definition) is 0. The molecule has 0 spiro atoms. The van der Waals surface area contributed by atoms with Gasteiger partial charge in [0.1, 0.15) is 0 Å². The van der Waals surface area contributed by atoms with Gasteiger partial charge in [-0.3, -0.25) is 4.98 Å². The highest BCUT2D eigenvalue weighted by atomic mass is 15.2. The smallest absolute Gasteiger partial charge is 0.0705 e. The average Bonchev–Trinajstić information content (AvgIpc) is 3.05. The summed E-state index contributed by atoms with van der Waals surface area (Å²) in [7, 11) is 0. The molecule has 1 aliphatic heterocycles. The van der Waals surface area contributed by atoms with Crippen molar-refractivity contribution in [2.45, 2.75) is 19.3 Å². The van der Waals surface area contributed by atoms with E-state index in [0.717, 1.165) is 47.4 Å². The van der Waals surface area contributed by atoms with E-state index in [9.17, 15) is 0 Å². The van der Waals surface area contributed by atoms with Gasteiger partial charge in [0.15, 0.2) is 0 Å². The first kappa shape index (κ1) is 14.5. The summed E-state index contributed by atoms with van der Waals surface area (Å²) < 4.78 is 0. The molecular formula is C23H26N2. The van der Waals surface area contributed by atoms with Crippen LogP contribution in [0.4, 0.5) is 0 Å². The first-order valence-electron chi connectivity index (χ1n) is 10.1. The van der Waals surface area contributed by atoms with Crippen LogP contribution in [0, 0.1) is 35.5 Å². The highest BCUT2D eigenvalue weighted by Crippen LogP contribution is 2.60. The van der Waals surface area contributed by atoms with Crippen LogP contribution in [0.15, 0.2) is 48.6 Å². The molecule has 25 heavy (non-hydrogen) atoms. The molecule has 2 heteroatoms. The van der Waals surface area contributed by atoms with Gasteiger partial charge in [0.05, 0.1) is 5.52 Å². The Hall–Kier alpha value is -1.67. The maximum Gasteiger partial charge on any atom is 0.0705 e. The molecule has 2 nitrogen and oxygen atoms in total. The van der Waals surface area contributed by atoms with E-state index in [-0.39, 0.29) is 0 Å². The van der Waals surface area contributed by atoms with Crippen LogP contribution in [0.3, 0.4) is 0 Å². The van der Waals surface area contributed by atoms with Crippen LogP contribution in [0.5, 0.6) is 0 Å². The maximum absolute atomic E-state index is 4.86. The van der Waals surface area contributed by atoms with Gasteiger partial charge in [-0.25, -0.2) is 0 Å². The third-order valence-electron chi connectivity index (χ3n) is 7.74. The molecule has 128 valence electrons.